The SMILES string of the molecule is CN1CCCC1CCNCc1cccc(OCC2CCC3CN(c4noc5ccc(F)cc45)CCN3C2)n1. The highest BCUT2D eigenvalue weighted by molar-refractivity contribution is 5.88. The average Bonchev–Trinajstić information content (AvgIpc) is 3.55. The normalized spacial score (nSPS) is 24.7. The standard InChI is InChI=1S/C29H39FN6O2/c1-34-13-3-5-24(34)11-12-31-17-23-4-2-6-28(32-23)37-20-21-7-9-25-19-36(15-14-35(25)18-21)29-26-16-22(30)8-10-27(26)38-33-29/h2,4,6,8,10,16,21,24-25,31H,3,5,7,9,11-15,17-20H2,1H3. The zero-order valence-electron chi connectivity index (χ0n) is 22.3. The van der Waals surface area contributed by atoms with Crippen molar-refractivity contribution >= 4 is 16.8 Å². The molecule has 0 bridgehead atoms. The summed E-state index contributed by atoms with van der Waals surface area (Å²) < 4.78 is 25.4. The maximum Gasteiger partial charge on any atom is 0.213 e. The minimum Gasteiger partial charge on any atom is -0.477 e. The molecule has 0 spiro atoms. The number of piperidine rings is 1. The second kappa shape index (κ2) is 11.6. The molecule has 3 unspecified atom stereocenters. The fraction of sp³-hybridized carbons (Fsp3) is 0.586. The van der Waals surface area contributed by atoms with Crippen molar-refractivity contribution in [3.05, 3.63) is 47.9 Å². The van der Waals surface area contributed by atoms with Crippen LogP contribution in [0.4, 0.5) is 10.2 Å². The number of ether oxygens (including phenoxy) is 1. The second-order valence-electron chi connectivity index (χ2n) is 11.2. The molecule has 5 heterocycles. The molecule has 3 fully saturated rings. The maximum absolute atomic E-state index is 13.8. The number of rotatable bonds is 9. The number of likely N-dealkylation sites (tertiary alicyclic amines) is 1. The van der Waals surface area contributed by atoms with Crippen molar-refractivity contribution in [1.29, 1.82) is 0 Å². The second-order valence-corrected chi connectivity index (χ2v) is 11.2. The van der Waals surface area contributed by atoms with Gasteiger partial charge in [0.2, 0.25) is 5.88 Å². The molecule has 0 aliphatic carbocycles. The summed E-state index contributed by atoms with van der Waals surface area (Å²) in [6, 6.07) is 11.9. The third-order valence-corrected chi connectivity index (χ3v) is 8.60. The molecular formula is C29H39FN6O2. The Kier molecular flexibility index (Phi) is 7.76. The smallest absolute Gasteiger partial charge is 0.213 e. The van der Waals surface area contributed by atoms with E-state index in [9.17, 15) is 4.39 Å². The van der Waals surface area contributed by atoms with Crippen molar-refractivity contribution in [2.75, 3.05) is 57.8 Å². The van der Waals surface area contributed by atoms with E-state index in [4.69, 9.17) is 14.2 Å². The maximum atomic E-state index is 13.8. The van der Waals surface area contributed by atoms with E-state index in [2.05, 4.69) is 38.3 Å². The lowest BCUT2D eigenvalue weighted by Gasteiger charge is -2.46. The Morgan fingerprint density at radius 2 is 2.05 bits per heavy atom. The summed E-state index contributed by atoms with van der Waals surface area (Å²) in [5.41, 5.74) is 1.66. The molecule has 9 heteroatoms. The number of benzene rings is 1. The first-order valence-corrected chi connectivity index (χ1v) is 14.2. The van der Waals surface area contributed by atoms with Crippen LogP contribution in [0.1, 0.15) is 37.8 Å². The van der Waals surface area contributed by atoms with Gasteiger partial charge in [0.05, 0.1) is 17.7 Å². The van der Waals surface area contributed by atoms with E-state index < -0.39 is 0 Å². The fourth-order valence-electron chi connectivity index (χ4n) is 6.38. The van der Waals surface area contributed by atoms with Gasteiger partial charge >= 0.3 is 0 Å². The third-order valence-electron chi connectivity index (χ3n) is 8.60. The molecule has 204 valence electrons. The molecule has 3 aliphatic rings. The highest BCUT2D eigenvalue weighted by atomic mass is 19.1. The summed E-state index contributed by atoms with van der Waals surface area (Å²) in [7, 11) is 2.23. The summed E-state index contributed by atoms with van der Waals surface area (Å²) >= 11 is 0. The minimum atomic E-state index is -0.260. The number of nitrogens with zero attached hydrogens (tertiary/aromatic N) is 5. The monoisotopic (exact) mass is 522 g/mol. The van der Waals surface area contributed by atoms with E-state index in [1.54, 1.807) is 6.07 Å². The summed E-state index contributed by atoms with van der Waals surface area (Å²) in [5, 5.41) is 8.57. The first-order valence-electron chi connectivity index (χ1n) is 14.2. The molecule has 1 aromatic carbocycles. The Bertz CT molecular complexity index is 1220. The molecule has 3 atom stereocenters. The van der Waals surface area contributed by atoms with Crippen molar-refractivity contribution in [3.63, 3.8) is 0 Å². The fourth-order valence-corrected chi connectivity index (χ4v) is 6.38. The van der Waals surface area contributed by atoms with E-state index in [0.717, 1.165) is 80.9 Å². The molecule has 6 rings (SSSR count). The van der Waals surface area contributed by atoms with Gasteiger partial charge in [0.15, 0.2) is 11.4 Å². The third kappa shape index (κ3) is 5.80. The van der Waals surface area contributed by atoms with Crippen LogP contribution in [0.2, 0.25) is 0 Å². The number of hydrogen-bond acceptors (Lipinski definition) is 8. The Morgan fingerprint density at radius 3 is 2.95 bits per heavy atom. The van der Waals surface area contributed by atoms with Crippen LogP contribution in [0, 0.1) is 11.7 Å². The summed E-state index contributed by atoms with van der Waals surface area (Å²) in [6.07, 6.45) is 6.07. The lowest BCUT2D eigenvalue weighted by molar-refractivity contribution is 0.0716. The van der Waals surface area contributed by atoms with Crippen LogP contribution in [0.3, 0.4) is 0 Å². The molecule has 0 saturated carbocycles. The number of hydrogen-bond donors (Lipinski definition) is 1. The van der Waals surface area contributed by atoms with Crippen LogP contribution in [0.15, 0.2) is 40.9 Å². The summed E-state index contributed by atoms with van der Waals surface area (Å²) in [4.78, 5) is 12.0. The summed E-state index contributed by atoms with van der Waals surface area (Å²) in [5.74, 6) is 1.71. The van der Waals surface area contributed by atoms with Crippen LogP contribution >= 0.6 is 0 Å². The Labute approximate surface area is 224 Å². The minimum absolute atomic E-state index is 0.260. The largest absolute Gasteiger partial charge is 0.477 e. The van der Waals surface area contributed by atoms with Gasteiger partial charge in [-0.3, -0.25) is 4.90 Å². The topological polar surface area (TPSA) is 69.9 Å². The lowest BCUT2D eigenvalue weighted by atomic mass is 9.91. The van der Waals surface area contributed by atoms with Crippen molar-refractivity contribution in [2.24, 2.45) is 5.92 Å². The van der Waals surface area contributed by atoms with E-state index >= 15 is 0 Å². The van der Waals surface area contributed by atoms with Crippen molar-refractivity contribution in [3.8, 4) is 5.88 Å². The highest BCUT2D eigenvalue weighted by Crippen LogP contribution is 2.32. The number of nitrogens with one attached hydrogen (secondary N) is 1. The average molecular weight is 523 g/mol. The van der Waals surface area contributed by atoms with Gasteiger partial charge in [-0.1, -0.05) is 11.2 Å². The first-order chi connectivity index (χ1) is 18.6. The predicted octanol–water partition coefficient (Wildman–Crippen LogP) is 3.92. The van der Waals surface area contributed by atoms with Gasteiger partial charge in [-0.05, 0) is 76.5 Å². The lowest BCUT2D eigenvalue weighted by Crippen LogP contribution is -2.57. The van der Waals surface area contributed by atoms with E-state index in [1.165, 1.54) is 37.9 Å². The molecule has 2 aromatic heterocycles. The number of fused-ring (bicyclic) bond motifs is 2. The number of pyridine rings is 1. The molecule has 3 aromatic rings. The van der Waals surface area contributed by atoms with E-state index in [-0.39, 0.29) is 5.82 Å². The number of aromatic nitrogens is 2. The van der Waals surface area contributed by atoms with Gasteiger partial charge < -0.3 is 24.4 Å². The zero-order valence-corrected chi connectivity index (χ0v) is 22.3. The van der Waals surface area contributed by atoms with Gasteiger partial charge in [-0.25, -0.2) is 9.37 Å². The number of halogens is 1. The Balaban J connectivity index is 0.956. The van der Waals surface area contributed by atoms with Crippen molar-refractivity contribution < 1.29 is 13.7 Å². The summed E-state index contributed by atoms with van der Waals surface area (Å²) in [6.45, 7) is 7.45. The number of piperazine rings is 1. The van der Waals surface area contributed by atoms with Gasteiger partial charge in [0, 0.05) is 56.8 Å². The van der Waals surface area contributed by atoms with E-state index in [0.29, 0.717) is 24.1 Å². The van der Waals surface area contributed by atoms with E-state index in [1.807, 2.05) is 12.1 Å². The van der Waals surface area contributed by atoms with Gasteiger partial charge in [0.25, 0.3) is 0 Å². The predicted molar refractivity (Wildman–Crippen MR) is 146 cm³/mol. The molecule has 0 amide bonds. The van der Waals surface area contributed by atoms with Crippen LogP contribution in [0.25, 0.3) is 11.0 Å². The number of anilines is 1. The highest BCUT2D eigenvalue weighted by Gasteiger charge is 2.34. The Morgan fingerprint density at radius 1 is 1.11 bits per heavy atom. The van der Waals surface area contributed by atoms with Gasteiger partial charge in [-0.2, -0.15) is 0 Å². The molecule has 3 aliphatic heterocycles. The van der Waals surface area contributed by atoms with Crippen LogP contribution in [-0.4, -0.2) is 84.9 Å². The van der Waals surface area contributed by atoms with Gasteiger partial charge in [0.1, 0.15) is 5.82 Å². The molecule has 0 radical (unpaired) electrons. The first kappa shape index (κ1) is 25.5. The van der Waals surface area contributed by atoms with Crippen LogP contribution < -0.4 is 15.0 Å². The molecular weight excluding hydrogens is 483 g/mol. The van der Waals surface area contributed by atoms with Crippen molar-refractivity contribution in [2.45, 2.75) is 50.7 Å². The van der Waals surface area contributed by atoms with Crippen molar-refractivity contribution in [1.82, 2.24) is 25.3 Å². The molecule has 38 heavy (non-hydrogen) atoms. The van der Waals surface area contributed by atoms with Gasteiger partial charge in [-0.15, -0.1) is 0 Å². The molecule has 1 N–H and O–H groups in total. The van der Waals surface area contributed by atoms with Crippen LogP contribution in [0.5, 0.6) is 5.88 Å². The molecule has 8 nitrogen and oxygen atoms in total. The quantitative estimate of drug-likeness (QED) is 0.424. The zero-order chi connectivity index (χ0) is 25.9. The molecule has 3 saturated heterocycles. The Hall–Kier alpha value is -2.75. The van der Waals surface area contributed by atoms with Crippen LogP contribution in [-0.2, 0) is 6.54 Å².